The summed E-state index contributed by atoms with van der Waals surface area (Å²) in [6.45, 7) is 7.84. The first-order chi connectivity index (χ1) is 15.6. The number of benzene rings is 2. The summed E-state index contributed by atoms with van der Waals surface area (Å²) in [5.74, 6) is -1.47. The van der Waals surface area contributed by atoms with Crippen molar-refractivity contribution in [3.05, 3.63) is 72.3 Å². The minimum absolute atomic E-state index is 0.146. The predicted molar refractivity (Wildman–Crippen MR) is 121 cm³/mol. The van der Waals surface area contributed by atoms with Gasteiger partial charge >= 0.3 is 12.1 Å². The third-order valence-electron chi connectivity index (χ3n) is 4.26. The van der Waals surface area contributed by atoms with Gasteiger partial charge in [-0.25, -0.2) is 13.2 Å². The number of rotatable bonds is 8. The van der Waals surface area contributed by atoms with E-state index in [9.17, 15) is 31.2 Å². The number of sulfonamides is 1. The van der Waals surface area contributed by atoms with Crippen LogP contribution in [0.2, 0.25) is 0 Å². The van der Waals surface area contributed by atoms with Gasteiger partial charge in [0.05, 0.1) is 28.3 Å². The Morgan fingerprint density at radius 3 is 2.32 bits per heavy atom. The Morgan fingerprint density at radius 2 is 1.74 bits per heavy atom. The molecule has 0 spiro atoms. The summed E-state index contributed by atoms with van der Waals surface area (Å²) in [5, 5.41) is 2.62. The molecule has 0 unspecified atom stereocenters. The number of carbonyl (C=O) groups is 2. The van der Waals surface area contributed by atoms with Gasteiger partial charge in [-0.15, -0.1) is 6.58 Å². The van der Waals surface area contributed by atoms with Gasteiger partial charge in [0, 0.05) is 5.54 Å². The maximum atomic E-state index is 13.3. The van der Waals surface area contributed by atoms with Gasteiger partial charge in [0.2, 0.25) is 0 Å². The highest BCUT2D eigenvalue weighted by atomic mass is 32.2. The van der Waals surface area contributed by atoms with Crippen LogP contribution in [-0.2, 0) is 25.7 Å². The van der Waals surface area contributed by atoms with Crippen molar-refractivity contribution in [3.63, 3.8) is 0 Å². The highest BCUT2D eigenvalue weighted by Gasteiger charge is 2.32. The van der Waals surface area contributed by atoms with Crippen LogP contribution >= 0.6 is 0 Å². The van der Waals surface area contributed by atoms with E-state index in [0.717, 1.165) is 22.5 Å². The van der Waals surface area contributed by atoms with Gasteiger partial charge in [-0.2, -0.15) is 13.2 Å². The lowest BCUT2D eigenvalue weighted by Gasteiger charge is -2.24. The summed E-state index contributed by atoms with van der Waals surface area (Å²) in [6.07, 6.45) is -3.44. The van der Waals surface area contributed by atoms with E-state index in [1.54, 1.807) is 20.8 Å². The molecule has 0 aliphatic rings. The van der Waals surface area contributed by atoms with Crippen molar-refractivity contribution >= 4 is 27.6 Å². The summed E-state index contributed by atoms with van der Waals surface area (Å²) in [6, 6.07) is 8.68. The Bertz CT molecular complexity index is 1170. The molecule has 11 heteroatoms. The van der Waals surface area contributed by atoms with Gasteiger partial charge in [0.25, 0.3) is 15.9 Å². The molecule has 0 aliphatic carbocycles. The van der Waals surface area contributed by atoms with Crippen molar-refractivity contribution < 1.29 is 35.9 Å². The Labute approximate surface area is 196 Å². The first-order valence-electron chi connectivity index (χ1n) is 10.0. The molecule has 0 aromatic heterocycles. The highest BCUT2D eigenvalue weighted by Crippen LogP contribution is 2.33. The average Bonchev–Trinajstić information content (AvgIpc) is 2.74. The number of amides is 1. The number of nitrogens with zero attached hydrogens (tertiary/aromatic N) is 1. The van der Waals surface area contributed by atoms with Crippen molar-refractivity contribution in [2.75, 3.05) is 17.5 Å². The maximum absolute atomic E-state index is 13.3. The molecule has 0 radical (unpaired) electrons. The zero-order valence-corrected chi connectivity index (χ0v) is 19.7. The minimum atomic E-state index is -4.66. The Balaban J connectivity index is 2.33. The topological polar surface area (TPSA) is 92.8 Å². The van der Waals surface area contributed by atoms with Crippen LogP contribution in [0.15, 0.2) is 66.1 Å². The van der Waals surface area contributed by atoms with Gasteiger partial charge < -0.3 is 10.1 Å². The van der Waals surface area contributed by atoms with E-state index in [4.69, 9.17) is 4.74 Å². The summed E-state index contributed by atoms with van der Waals surface area (Å²) in [5.41, 5.74) is -1.91. The Morgan fingerprint density at radius 1 is 1.09 bits per heavy atom. The SMILES string of the molecule is C=CCN(c1cccc(C(F)(F)F)c1)S(=O)(=O)c1cccc(C(=O)OCC(=O)NC(C)(C)C)c1. The minimum Gasteiger partial charge on any atom is -0.452 e. The van der Waals surface area contributed by atoms with E-state index in [2.05, 4.69) is 11.9 Å². The van der Waals surface area contributed by atoms with E-state index < -0.39 is 45.8 Å². The molecule has 34 heavy (non-hydrogen) atoms. The standard InChI is InChI=1S/C23H25F3N2O5S/c1-5-12-28(18-10-7-9-17(14-18)23(24,25)26)34(31,32)19-11-6-8-16(13-19)21(30)33-15-20(29)27-22(2,3)4/h5-11,13-14H,1,12,15H2,2-4H3,(H,27,29). The van der Waals surface area contributed by atoms with Crippen molar-refractivity contribution in [2.24, 2.45) is 0 Å². The molecule has 1 N–H and O–H groups in total. The number of halogens is 3. The number of anilines is 1. The lowest BCUT2D eigenvalue weighted by atomic mass is 10.1. The highest BCUT2D eigenvalue weighted by molar-refractivity contribution is 7.92. The predicted octanol–water partition coefficient (Wildman–Crippen LogP) is 4.16. The van der Waals surface area contributed by atoms with Crippen LogP contribution in [-0.4, -0.2) is 39.0 Å². The molecule has 0 saturated heterocycles. The van der Waals surface area contributed by atoms with Gasteiger partial charge in [0.1, 0.15) is 0 Å². The fourth-order valence-electron chi connectivity index (χ4n) is 2.88. The average molecular weight is 499 g/mol. The Hall–Kier alpha value is -3.34. The maximum Gasteiger partial charge on any atom is 0.416 e. The van der Waals surface area contributed by atoms with E-state index in [1.165, 1.54) is 30.3 Å². The van der Waals surface area contributed by atoms with E-state index in [0.29, 0.717) is 6.07 Å². The summed E-state index contributed by atoms with van der Waals surface area (Å²) < 4.78 is 71.6. The van der Waals surface area contributed by atoms with E-state index in [-0.39, 0.29) is 22.7 Å². The molecule has 0 saturated carbocycles. The second-order valence-electron chi connectivity index (χ2n) is 8.28. The number of hydrogen-bond acceptors (Lipinski definition) is 5. The molecule has 0 bridgehead atoms. The monoisotopic (exact) mass is 498 g/mol. The zero-order valence-electron chi connectivity index (χ0n) is 18.8. The van der Waals surface area contributed by atoms with Gasteiger partial charge in [0.15, 0.2) is 6.61 Å². The van der Waals surface area contributed by atoms with Crippen LogP contribution in [0.3, 0.4) is 0 Å². The van der Waals surface area contributed by atoms with Crippen LogP contribution in [0.4, 0.5) is 18.9 Å². The van der Waals surface area contributed by atoms with Crippen molar-refractivity contribution in [3.8, 4) is 0 Å². The number of nitrogens with one attached hydrogen (secondary N) is 1. The summed E-state index contributed by atoms with van der Waals surface area (Å²) >= 11 is 0. The summed E-state index contributed by atoms with van der Waals surface area (Å²) in [7, 11) is -4.38. The fourth-order valence-corrected chi connectivity index (χ4v) is 4.35. The van der Waals surface area contributed by atoms with Gasteiger partial charge in [-0.3, -0.25) is 9.10 Å². The molecule has 0 atom stereocenters. The van der Waals surface area contributed by atoms with Crippen LogP contribution in [0.25, 0.3) is 0 Å². The number of hydrogen-bond donors (Lipinski definition) is 1. The molecular formula is C23H25F3N2O5S. The van der Waals surface area contributed by atoms with Crippen LogP contribution < -0.4 is 9.62 Å². The summed E-state index contributed by atoms with van der Waals surface area (Å²) in [4.78, 5) is 23.9. The number of esters is 1. The van der Waals surface area contributed by atoms with Gasteiger partial charge in [-0.1, -0.05) is 18.2 Å². The third kappa shape index (κ3) is 7.08. The number of ether oxygens (including phenoxy) is 1. The first-order valence-corrected chi connectivity index (χ1v) is 11.5. The first kappa shape index (κ1) is 26.9. The molecule has 184 valence electrons. The molecule has 0 heterocycles. The fraction of sp³-hybridized carbons (Fsp3) is 0.304. The van der Waals surface area contributed by atoms with Crippen molar-refractivity contribution in [1.82, 2.24) is 5.32 Å². The van der Waals surface area contributed by atoms with Crippen molar-refractivity contribution in [2.45, 2.75) is 37.4 Å². The molecule has 7 nitrogen and oxygen atoms in total. The van der Waals surface area contributed by atoms with E-state index >= 15 is 0 Å². The lowest BCUT2D eigenvalue weighted by Crippen LogP contribution is -2.42. The molecule has 2 rings (SSSR count). The second kappa shape index (κ2) is 10.3. The normalized spacial score (nSPS) is 12.1. The smallest absolute Gasteiger partial charge is 0.416 e. The Kier molecular flexibility index (Phi) is 8.14. The lowest BCUT2D eigenvalue weighted by molar-refractivity contribution is -0.137. The molecule has 2 aromatic carbocycles. The molecule has 0 fully saturated rings. The molecular weight excluding hydrogens is 473 g/mol. The van der Waals surface area contributed by atoms with Crippen LogP contribution in [0, 0.1) is 0 Å². The largest absolute Gasteiger partial charge is 0.452 e. The zero-order chi connectivity index (χ0) is 25.7. The van der Waals surface area contributed by atoms with Gasteiger partial charge in [-0.05, 0) is 57.2 Å². The van der Waals surface area contributed by atoms with Crippen molar-refractivity contribution in [1.29, 1.82) is 0 Å². The molecule has 2 aromatic rings. The number of alkyl halides is 3. The van der Waals surface area contributed by atoms with E-state index in [1.807, 2.05) is 0 Å². The van der Waals surface area contributed by atoms with Crippen LogP contribution in [0.5, 0.6) is 0 Å². The quantitative estimate of drug-likeness (QED) is 0.436. The molecule has 0 aliphatic heterocycles. The number of carbonyl (C=O) groups excluding carboxylic acids is 2. The second-order valence-corrected chi connectivity index (χ2v) is 10.1. The third-order valence-corrected chi connectivity index (χ3v) is 6.05. The van der Waals surface area contributed by atoms with Crippen LogP contribution in [0.1, 0.15) is 36.7 Å². The molecule has 1 amide bonds.